The van der Waals surface area contributed by atoms with Gasteiger partial charge in [0.15, 0.2) is 0 Å². The van der Waals surface area contributed by atoms with Gasteiger partial charge in [0.05, 0.1) is 12.6 Å². The van der Waals surface area contributed by atoms with E-state index in [0.717, 1.165) is 18.9 Å². The van der Waals surface area contributed by atoms with Crippen LogP contribution in [0.1, 0.15) is 37.8 Å². The van der Waals surface area contributed by atoms with Gasteiger partial charge in [0, 0.05) is 24.2 Å². The molecule has 1 unspecified atom stereocenters. The van der Waals surface area contributed by atoms with E-state index in [1.54, 1.807) is 4.90 Å². The van der Waals surface area contributed by atoms with Crippen molar-refractivity contribution >= 4 is 6.03 Å². The molecule has 0 aromatic heterocycles. The quantitative estimate of drug-likeness (QED) is 0.848. The van der Waals surface area contributed by atoms with Gasteiger partial charge in [-0.05, 0) is 25.3 Å². The average Bonchev–Trinajstić information content (AvgIpc) is 3.27. The van der Waals surface area contributed by atoms with Crippen LogP contribution in [0.5, 0.6) is 0 Å². The number of urea groups is 1. The third-order valence-electron chi connectivity index (χ3n) is 3.63. The number of benzene rings is 1. The van der Waals surface area contributed by atoms with Crippen molar-refractivity contribution in [2.75, 3.05) is 13.2 Å². The molecule has 1 saturated carbocycles. The highest BCUT2D eigenvalue weighted by atomic mass is 19.1. The van der Waals surface area contributed by atoms with Gasteiger partial charge < -0.3 is 15.3 Å². The van der Waals surface area contributed by atoms with Gasteiger partial charge in [-0.1, -0.05) is 13.0 Å². The molecule has 0 aliphatic heterocycles. The second kappa shape index (κ2) is 6.85. The van der Waals surface area contributed by atoms with E-state index < -0.39 is 17.7 Å². The summed E-state index contributed by atoms with van der Waals surface area (Å²) in [4.78, 5) is 13.8. The summed E-state index contributed by atoms with van der Waals surface area (Å²) in [7, 11) is 0. The Labute approximate surface area is 122 Å². The van der Waals surface area contributed by atoms with Crippen molar-refractivity contribution < 1.29 is 18.7 Å². The van der Waals surface area contributed by atoms with Gasteiger partial charge in [-0.2, -0.15) is 0 Å². The van der Waals surface area contributed by atoms with Crippen LogP contribution in [0.4, 0.5) is 13.6 Å². The van der Waals surface area contributed by atoms with Crippen LogP contribution in [0, 0.1) is 11.6 Å². The minimum Gasteiger partial charge on any atom is -0.395 e. The van der Waals surface area contributed by atoms with Crippen molar-refractivity contribution in [1.29, 1.82) is 0 Å². The third kappa shape index (κ3) is 3.91. The van der Waals surface area contributed by atoms with Crippen LogP contribution in [0.2, 0.25) is 0 Å². The SMILES string of the molecule is CCC(NC(=O)N(CCO)C1CC1)c1ccc(F)cc1F. The first-order chi connectivity index (χ1) is 10.1. The summed E-state index contributed by atoms with van der Waals surface area (Å²) >= 11 is 0. The minimum absolute atomic E-state index is 0.106. The molecule has 6 heteroatoms. The number of hydrogen-bond acceptors (Lipinski definition) is 2. The molecular weight excluding hydrogens is 278 g/mol. The lowest BCUT2D eigenvalue weighted by atomic mass is 10.0. The summed E-state index contributed by atoms with van der Waals surface area (Å²) < 4.78 is 26.8. The van der Waals surface area contributed by atoms with Crippen molar-refractivity contribution in [2.24, 2.45) is 0 Å². The van der Waals surface area contributed by atoms with E-state index >= 15 is 0 Å². The second-order valence-corrected chi connectivity index (χ2v) is 5.22. The van der Waals surface area contributed by atoms with Gasteiger partial charge >= 0.3 is 6.03 Å². The lowest BCUT2D eigenvalue weighted by molar-refractivity contribution is 0.170. The molecule has 21 heavy (non-hydrogen) atoms. The zero-order valence-corrected chi connectivity index (χ0v) is 12.0. The molecule has 2 amide bonds. The van der Waals surface area contributed by atoms with Gasteiger partial charge in [-0.3, -0.25) is 0 Å². The predicted molar refractivity (Wildman–Crippen MR) is 74.7 cm³/mol. The molecular formula is C15H20F2N2O2. The number of halogens is 2. The summed E-state index contributed by atoms with van der Waals surface area (Å²) in [6.07, 6.45) is 2.34. The highest BCUT2D eigenvalue weighted by molar-refractivity contribution is 5.75. The highest BCUT2D eigenvalue weighted by Gasteiger charge is 2.33. The standard InChI is InChI=1S/C15H20F2N2O2/c1-2-14(12-6-3-10(16)9-13(12)17)18-15(21)19(7-8-20)11-4-5-11/h3,6,9,11,14,20H,2,4-5,7-8H2,1H3,(H,18,21). The Balaban J connectivity index is 2.08. The second-order valence-electron chi connectivity index (χ2n) is 5.22. The molecule has 1 aromatic carbocycles. The van der Waals surface area contributed by atoms with E-state index in [2.05, 4.69) is 5.32 Å². The Morgan fingerprint density at radius 3 is 2.71 bits per heavy atom. The number of amides is 2. The van der Waals surface area contributed by atoms with Crippen LogP contribution in [0.3, 0.4) is 0 Å². The molecule has 1 atom stereocenters. The largest absolute Gasteiger partial charge is 0.395 e. The molecule has 0 saturated heterocycles. The molecule has 0 bridgehead atoms. The minimum atomic E-state index is -0.665. The van der Waals surface area contributed by atoms with Crippen molar-refractivity contribution in [1.82, 2.24) is 10.2 Å². The van der Waals surface area contributed by atoms with Gasteiger partial charge in [0.2, 0.25) is 0 Å². The first kappa shape index (κ1) is 15.7. The smallest absolute Gasteiger partial charge is 0.318 e. The Hall–Kier alpha value is -1.69. The number of nitrogens with zero attached hydrogens (tertiary/aromatic N) is 1. The van der Waals surface area contributed by atoms with Crippen molar-refractivity contribution in [2.45, 2.75) is 38.3 Å². The van der Waals surface area contributed by atoms with Gasteiger partial charge in [-0.15, -0.1) is 0 Å². The number of nitrogens with one attached hydrogen (secondary N) is 1. The molecule has 4 nitrogen and oxygen atoms in total. The van der Waals surface area contributed by atoms with Crippen molar-refractivity contribution in [3.63, 3.8) is 0 Å². The fourth-order valence-corrected chi connectivity index (χ4v) is 2.36. The molecule has 1 aliphatic carbocycles. The molecule has 116 valence electrons. The average molecular weight is 298 g/mol. The molecule has 2 N–H and O–H groups in total. The Morgan fingerprint density at radius 2 is 2.19 bits per heavy atom. The van der Waals surface area contributed by atoms with E-state index in [9.17, 15) is 13.6 Å². The molecule has 0 radical (unpaired) electrons. The summed E-state index contributed by atoms with van der Waals surface area (Å²) in [6.45, 7) is 1.98. The lowest BCUT2D eigenvalue weighted by Gasteiger charge is -2.26. The Bertz CT molecular complexity index is 506. The molecule has 0 heterocycles. The molecule has 0 spiro atoms. The maximum Gasteiger partial charge on any atom is 0.318 e. The highest BCUT2D eigenvalue weighted by Crippen LogP contribution is 2.27. The lowest BCUT2D eigenvalue weighted by Crippen LogP contribution is -2.44. The summed E-state index contributed by atoms with van der Waals surface area (Å²) in [5, 5.41) is 11.8. The van der Waals surface area contributed by atoms with E-state index in [1.165, 1.54) is 12.1 Å². The fraction of sp³-hybridized carbons (Fsp3) is 0.533. The van der Waals surface area contributed by atoms with E-state index in [0.29, 0.717) is 6.42 Å². The van der Waals surface area contributed by atoms with Gasteiger partial charge in [0.25, 0.3) is 0 Å². The zero-order valence-electron chi connectivity index (χ0n) is 12.0. The Kier molecular flexibility index (Phi) is 5.12. The number of aliphatic hydroxyl groups excluding tert-OH is 1. The number of aliphatic hydroxyl groups is 1. The molecule has 2 rings (SSSR count). The van der Waals surface area contributed by atoms with Crippen LogP contribution >= 0.6 is 0 Å². The van der Waals surface area contributed by atoms with Crippen molar-refractivity contribution in [3.8, 4) is 0 Å². The molecule has 1 fully saturated rings. The van der Waals surface area contributed by atoms with Crippen LogP contribution in [-0.4, -0.2) is 35.2 Å². The van der Waals surface area contributed by atoms with Crippen LogP contribution in [0.15, 0.2) is 18.2 Å². The van der Waals surface area contributed by atoms with Gasteiger partial charge in [0.1, 0.15) is 11.6 Å². The topological polar surface area (TPSA) is 52.6 Å². The summed E-state index contributed by atoms with van der Waals surface area (Å²) in [6, 6.07) is 2.68. The number of rotatable bonds is 6. The van der Waals surface area contributed by atoms with Crippen LogP contribution in [-0.2, 0) is 0 Å². The number of carbonyl (C=O) groups excluding carboxylic acids is 1. The Morgan fingerprint density at radius 1 is 1.48 bits per heavy atom. The van der Waals surface area contributed by atoms with Crippen LogP contribution < -0.4 is 5.32 Å². The predicted octanol–water partition coefficient (Wildman–Crippen LogP) is 2.58. The molecule has 1 aliphatic rings. The van der Waals surface area contributed by atoms with E-state index in [4.69, 9.17) is 5.11 Å². The maximum atomic E-state index is 13.8. The fourth-order valence-electron chi connectivity index (χ4n) is 2.36. The first-order valence-corrected chi connectivity index (χ1v) is 7.19. The first-order valence-electron chi connectivity index (χ1n) is 7.19. The normalized spacial score (nSPS) is 15.6. The number of carbonyl (C=O) groups is 1. The third-order valence-corrected chi connectivity index (χ3v) is 3.63. The van der Waals surface area contributed by atoms with E-state index in [-0.39, 0.29) is 30.8 Å². The maximum absolute atomic E-state index is 13.8. The van der Waals surface area contributed by atoms with Gasteiger partial charge in [-0.25, -0.2) is 13.6 Å². The zero-order chi connectivity index (χ0) is 15.4. The van der Waals surface area contributed by atoms with E-state index in [1.807, 2.05) is 6.92 Å². The number of hydrogen-bond donors (Lipinski definition) is 2. The molecule has 1 aromatic rings. The monoisotopic (exact) mass is 298 g/mol. The summed E-state index contributed by atoms with van der Waals surface area (Å²) in [5.41, 5.74) is 0.270. The summed E-state index contributed by atoms with van der Waals surface area (Å²) in [5.74, 6) is -1.31. The van der Waals surface area contributed by atoms with Crippen molar-refractivity contribution in [3.05, 3.63) is 35.4 Å². The van der Waals surface area contributed by atoms with Crippen LogP contribution in [0.25, 0.3) is 0 Å².